The van der Waals surface area contributed by atoms with E-state index in [1.54, 1.807) is 0 Å². The smallest absolute Gasteiger partial charge is 0.242 e. The number of rotatable bonds is 4. The largest absolute Gasteiger partial charge is 0.244 e. The van der Waals surface area contributed by atoms with E-state index in [0.29, 0.717) is 4.47 Å². The highest BCUT2D eigenvalue weighted by Gasteiger charge is 2.32. The van der Waals surface area contributed by atoms with Gasteiger partial charge in [0, 0.05) is 15.5 Å². The Kier molecular flexibility index (Phi) is 5.34. The van der Waals surface area contributed by atoms with Crippen LogP contribution in [0.1, 0.15) is 31.7 Å². The Morgan fingerprint density at radius 3 is 2.64 bits per heavy atom. The van der Waals surface area contributed by atoms with Crippen molar-refractivity contribution in [1.29, 1.82) is 0 Å². The SMILES string of the molecule is CC(C)(C)C(NS(=O)(=O)c1cc(Br)cnc1Cl)c1cccs1. The zero-order valence-corrected chi connectivity index (χ0v) is 16.3. The third kappa shape index (κ3) is 4.08. The fourth-order valence-corrected chi connectivity index (χ4v) is 5.39. The van der Waals surface area contributed by atoms with Crippen LogP contribution >= 0.6 is 38.9 Å². The molecule has 0 spiro atoms. The van der Waals surface area contributed by atoms with Gasteiger partial charge in [0.05, 0.1) is 6.04 Å². The monoisotopic (exact) mass is 422 g/mol. The molecule has 0 aliphatic rings. The van der Waals surface area contributed by atoms with Crippen molar-refractivity contribution in [2.45, 2.75) is 31.7 Å². The van der Waals surface area contributed by atoms with Gasteiger partial charge in [0.15, 0.2) is 0 Å². The van der Waals surface area contributed by atoms with E-state index >= 15 is 0 Å². The summed E-state index contributed by atoms with van der Waals surface area (Å²) in [6, 6.07) is 4.92. The first-order valence-corrected chi connectivity index (χ1v) is 10.0. The van der Waals surface area contributed by atoms with Crippen LogP contribution in [0.4, 0.5) is 0 Å². The normalized spacial score (nSPS) is 14.0. The van der Waals surface area contributed by atoms with Gasteiger partial charge in [-0.1, -0.05) is 38.4 Å². The number of nitrogens with one attached hydrogen (secondary N) is 1. The Morgan fingerprint density at radius 2 is 2.09 bits per heavy atom. The number of hydrogen-bond donors (Lipinski definition) is 1. The molecule has 22 heavy (non-hydrogen) atoms. The lowest BCUT2D eigenvalue weighted by Gasteiger charge is -2.30. The molecule has 0 saturated carbocycles. The van der Waals surface area contributed by atoms with Gasteiger partial charge < -0.3 is 0 Å². The summed E-state index contributed by atoms with van der Waals surface area (Å²) in [5.74, 6) is 0. The van der Waals surface area contributed by atoms with Gasteiger partial charge in [0.1, 0.15) is 10.0 Å². The van der Waals surface area contributed by atoms with Crippen molar-refractivity contribution in [2.75, 3.05) is 0 Å². The molecule has 8 heteroatoms. The third-order valence-corrected chi connectivity index (χ3v) is 6.25. The standard InChI is InChI=1S/C14H16BrClN2O2S2/c1-14(2,3)12(10-5-4-6-21-10)18-22(19,20)11-7-9(15)8-17-13(11)16/h4-8,12,18H,1-3H3. The Morgan fingerprint density at radius 1 is 1.41 bits per heavy atom. The quantitative estimate of drug-likeness (QED) is 0.730. The second kappa shape index (κ2) is 6.57. The lowest BCUT2D eigenvalue weighted by atomic mass is 9.86. The van der Waals surface area contributed by atoms with E-state index in [1.165, 1.54) is 23.6 Å². The van der Waals surface area contributed by atoms with Gasteiger partial charge >= 0.3 is 0 Å². The number of sulfonamides is 1. The first kappa shape index (κ1) is 17.9. The Hall–Kier alpha value is -0.470. The summed E-state index contributed by atoms with van der Waals surface area (Å²) in [6.07, 6.45) is 1.46. The molecule has 0 aliphatic heterocycles. The first-order valence-electron chi connectivity index (χ1n) is 6.48. The summed E-state index contributed by atoms with van der Waals surface area (Å²) in [5, 5.41) is 1.88. The van der Waals surface area contributed by atoms with Crippen LogP contribution in [0.2, 0.25) is 5.15 Å². The Labute approximate surface area is 148 Å². The minimum Gasteiger partial charge on any atom is -0.242 e. The molecule has 0 saturated heterocycles. The molecule has 2 aromatic rings. The maximum absolute atomic E-state index is 12.7. The second-order valence-corrected chi connectivity index (χ2v) is 9.81. The number of aromatic nitrogens is 1. The van der Waals surface area contributed by atoms with Crippen LogP contribution in [0, 0.1) is 5.41 Å². The predicted octanol–water partition coefficient (Wildman–Crippen LogP) is 4.62. The van der Waals surface area contributed by atoms with Crippen LogP contribution in [-0.2, 0) is 10.0 Å². The first-order chi connectivity index (χ1) is 10.1. The predicted molar refractivity (Wildman–Crippen MR) is 93.8 cm³/mol. The van der Waals surface area contributed by atoms with Crippen molar-refractivity contribution in [2.24, 2.45) is 5.41 Å². The number of thiophene rings is 1. The van der Waals surface area contributed by atoms with Crippen LogP contribution in [0.3, 0.4) is 0 Å². The zero-order valence-electron chi connectivity index (χ0n) is 12.3. The van der Waals surface area contributed by atoms with Crippen molar-refractivity contribution in [1.82, 2.24) is 9.71 Å². The fraction of sp³-hybridized carbons (Fsp3) is 0.357. The molecule has 0 radical (unpaired) electrons. The van der Waals surface area contributed by atoms with Gasteiger partial charge in [0.25, 0.3) is 0 Å². The zero-order chi connectivity index (χ0) is 16.5. The van der Waals surface area contributed by atoms with Gasteiger partial charge in [-0.2, -0.15) is 0 Å². The minimum atomic E-state index is -3.79. The van der Waals surface area contributed by atoms with E-state index in [1.807, 2.05) is 38.3 Å². The Bertz CT molecular complexity index is 756. The highest BCUT2D eigenvalue weighted by atomic mass is 79.9. The molecule has 1 atom stereocenters. The lowest BCUT2D eigenvalue weighted by molar-refractivity contribution is 0.308. The van der Waals surface area contributed by atoms with E-state index in [4.69, 9.17) is 11.6 Å². The molecule has 0 bridgehead atoms. The second-order valence-electron chi connectivity index (χ2n) is 5.88. The molecule has 120 valence electrons. The van der Waals surface area contributed by atoms with Crippen molar-refractivity contribution >= 4 is 48.9 Å². The molecular weight excluding hydrogens is 408 g/mol. The van der Waals surface area contributed by atoms with Gasteiger partial charge in [-0.3, -0.25) is 0 Å². The minimum absolute atomic E-state index is 0.0330. The van der Waals surface area contributed by atoms with E-state index in [2.05, 4.69) is 25.6 Å². The Balaban J connectivity index is 2.43. The molecule has 0 fully saturated rings. The summed E-state index contributed by atoms with van der Waals surface area (Å²) in [6.45, 7) is 5.96. The topological polar surface area (TPSA) is 59.1 Å². The van der Waals surface area contributed by atoms with Crippen LogP contribution in [0.25, 0.3) is 0 Å². The highest BCUT2D eigenvalue weighted by molar-refractivity contribution is 9.10. The van der Waals surface area contributed by atoms with Gasteiger partial charge in [0.2, 0.25) is 10.0 Å². The molecule has 0 amide bonds. The van der Waals surface area contributed by atoms with Crippen LogP contribution in [0.15, 0.2) is 39.1 Å². The van der Waals surface area contributed by atoms with E-state index in [0.717, 1.165) is 4.88 Å². The van der Waals surface area contributed by atoms with Crippen LogP contribution in [0.5, 0.6) is 0 Å². The molecule has 4 nitrogen and oxygen atoms in total. The van der Waals surface area contributed by atoms with Gasteiger partial charge in [-0.15, -0.1) is 11.3 Å². The number of hydrogen-bond acceptors (Lipinski definition) is 4. The summed E-state index contributed by atoms with van der Waals surface area (Å²) >= 11 is 10.7. The number of pyridine rings is 1. The maximum atomic E-state index is 12.7. The molecule has 0 aromatic carbocycles. The van der Waals surface area contributed by atoms with Crippen molar-refractivity contribution < 1.29 is 8.42 Å². The molecule has 2 heterocycles. The molecular formula is C14H16BrClN2O2S2. The van der Waals surface area contributed by atoms with Gasteiger partial charge in [-0.25, -0.2) is 18.1 Å². The van der Waals surface area contributed by atoms with E-state index < -0.39 is 10.0 Å². The average Bonchev–Trinajstić information content (AvgIpc) is 2.91. The summed E-state index contributed by atoms with van der Waals surface area (Å²) in [4.78, 5) is 4.80. The number of halogens is 2. The fourth-order valence-electron chi connectivity index (χ4n) is 1.93. The number of nitrogens with zero attached hydrogens (tertiary/aromatic N) is 1. The molecule has 1 N–H and O–H groups in total. The molecule has 2 aromatic heterocycles. The summed E-state index contributed by atoms with van der Waals surface area (Å²) in [7, 11) is -3.79. The molecule has 1 unspecified atom stereocenters. The van der Waals surface area contributed by atoms with E-state index in [-0.39, 0.29) is 21.5 Å². The van der Waals surface area contributed by atoms with Crippen LogP contribution in [-0.4, -0.2) is 13.4 Å². The summed E-state index contributed by atoms with van der Waals surface area (Å²) in [5.41, 5.74) is -0.288. The van der Waals surface area contributed by atoms with E-state index in [9.17, 15) is 8.42 Å². The summed E-state index contributed by atoms with van der Waals surface area (Å²) < 4.78 is 28.7. The van der Waals surface area contributed by atoms with Crippen molar-refractivity contribution in [3.63, 3.8) is 0 Å². The lowest BCUT2D eigenvalue weighted by Crippen LogP contribution is -2.36. The molecule has 2 rings (SSSR count). The van der Waals surface area contributed by atoms with Crippen LogP contribution < -0.4 is 4.72 Å². The third-order valence-electron chi connectivity index (χ3n) is 3.03. The van der Waals surface area contributed by atoms with Gasteiger partial charge in [-0.05, 0) is 38.9 Å². The van der Waals surface area contributed by atoms with Crippen molar-refractivity contribution in [3.05, 3.63) is 44.3 Å². The average molecular weight is 424 g/mol. The van der Waals surface area contributed by atoms with Crippen molar-refractivity contribution in [3.8, 4) is 0 Å². The highest BCUT2D eigenvalue weighted by Crippen LogP contribution is 2.37. The molecule has 0 aliphatic carbocycles. The maximum Gasteiger partial charge on any atom is 0.244 e.